The molecule has 4 nitrogen and oxygen atoms in total. The van der Waals surface area contributed by atoms with Gasteiger partial charge in [-0.3, -0.25) is 0 Å². The average Bonchev–Trinajstić information content (AvgIpc) is 2.87. The van der Waals surface area contributed by atoms with Crippen LogP contribution in [-0.4, -0.2) is 4.98 Å². The Morgan fingerprint density at radius 3 is 3.07 bits per heavy atom. The first kappa shape index (κ1) is 9.02. The van der Waals surface area contributed by atoms with Gasteiger partial charge in [0.1, 0.15) is 11.5 Å². The Labute approximate surface area is 81.9 Å². The number of hydrogen-bond acceptors (Lipinski definition) is 4. The molecule has 0 aliphatic rings. The van der Waals surface area contributed by atoms with Crippen molar-refractivity contribution in [3.05, 3.63) is 42.5 Å². The number of furan rings is 1. The van der Waals surface area contributed by atoms with E-state index in [4.69, 9.17) is 8.83 Å². The third kappa shape index (κ3) is 2.03. The highest BCUT2D eigenvalue weighted by Gasteiger charge is 2.07. The molecule has 0 aliphatic carbocycles. The second-order valence-electron chi connectivity index (χ2n) is 3.09. The Morgan fingerprint density at radius 1 is 1.50 bits per heavy atom. The Balaban J connectivity index is 1.87. The molecule has 0 saturated carbocycles. The summed E-state index contributed by atoms with van der Waals surface area (Å²) in [5, 5.41) is 3.26. The first-order valence-electron chi connectivity index (χ1n) is 4.50. The summed E-state index contributed by atoms with van der Waals surface area (Å²) < 4.78 is 10.4. The van der Waals surface area contributed by atoms with Crippen LogP contribution < -0.4 is 5.32 Å². The molecule has 1 atom stereocenters. The van der Waals surface area contributed by atoms with Crippen molar-refractivity contribution < 1.29 is 8.83 Å². The van der Waals surface area contributed by atoms with Crippen LogP contribution in [0.1, 0.15) is 24.5 Å². The average molecular weight is 192 g/mol. The van der Waals surface area contributed by atoms with Gasteiger partial charge in [0.15, 0.2) is 6.39 Å². The van der Waals surface area contributed by atoms with E-state index >= 15 is 0 Å². The normalized spacial score (nSPS) is 12.9. The molecule has 0 bridgehead atoms. The molecule has 0 saturated heterocycles. The van der Waals surface area contributed by atoms with E-state index in [1.165, 1.54) is 6.39 Å². The maximum absolute atomic E-state index is 5.26. The van der Waals surface area contributed by atoms with E-state index < -0.39 is 0 Å². The molecule has 14 heavy (non-hydrogen) atoms. The molecule has 2 aromatic heterocycles. The molecule has 2 heterocycles. The molecular formula is C10H12N2O2. The zero-order valence-corrected chi connectivity index (χ0v) is 7.93. The summed E-state index contributed by atoms with van der Waals surface area (Å²) in [4.78, 5) is 3.83. The Morgan fingerprint density at radius 2 is 2.43 bits per heavy atom. The maximum Gasteiger partial charge on any atom is 0.180 e. The third-order valence-corrected chi connectivity index (χ3v) is 2.04. The van der Waals surface area contributed by atoms with E-state index in [-0.39, 0.29) is 6.04 Å². The first-order chi connectivity index (χ1) is 6.86. The molecule has 2 aromatic rings. The van der Waals surface area contributed by atoms with Gasteiger partial charge in [0.25, 0.3) is 0 Å². The molecule has 1 N–H and O–H groups in total. The lowest BCUT2D eigenvalue weighted by molar-refractivity contribution is 0.406. The predicted molar refractivity (Wildman–Crippen MR) is 50.5 cm³/mol. The topological polar surface area (TPSA) is 51.2 Å². The van der Waals surface area contributed by atoms with Crippen molar-refractivity contribution in [1.29, 1.82) is 0 Å². The Kier molecular flexibility index (Phi) is 2.65. The lowest BCUT2D eigenvalue weighted by Crippen LogP contribution is -2.17. The van der Waals surface area contributed by atoms with E-state index in [0.717, 1.165) is 11.5 Å². The predicted octanol–water partition coefficient (Wildman–Crippen LogP) is 2.12. The van der Waals surface area contributed by atoms with E-state index in [0.29, 0.717) is 6.54 Å². The molecule has 0 fully saturated rings. The zero-order chi connectivity index (χ0) is 9.80. The molecule has 2 rings (SSSR count). The second-order valence-corrected chi connectivity index (χ2v) is 3.09. The van der Waals surface area contributed by atoms with Crippen molar-refractivity contribution >= 4 is 0 Å². The Bertz CT molecular complexity index is 353. The summed E-state index contributed by atoms with van der Waals surface area (Å²) in [7, 11) is 0. The van der Waals surface area contributed by atoms with Crippen LogP contribution in [0.2, 0.25) is 0 Å². The van der Waals surface area contributed by atoms with Crippen molar-refractivity contribution in [3.8, 4) is 0 Å². The van der Waals surface area contributed by atoms with Crippen molar-refractivity contribution in [2.75, 3.05) is 0 Å². The summed E-state index contributed by atoms with van der Waals surface area (Å²) in [6.45, 7) is 2.69. The largest absolute Gasteiger partial charge is 0.468 e. The van der Waals surface area contributed by atoms with E-state index in [1.54, 1.807) is 12.5 Å². The number of rotatable bonds is 4. The monoisotopic (exact) mass is 192 g/mol. The van der Waals surface area contributed by atoms with Gasteiger partial charge in [0.2, 0.25) is 0 Å². The Hall–Kier alpha value is -1.55. The van der Waals surface area contributed by atoms with Crippen LogP contribution in [0.25, 0.3) is 0 Å². The molecule has 74 valence electrons. The van der Waals surface area contributed by atoms with Crippen LogP contribution in [0.4, 0.5) is 0 Å². The molecule has 4 heteroatoms. The molecule has 0 radical (unpaired) electrons. The van der Waals surface area contributed by atoms with Crippen molar-refractivity contribution in [3.63, 3.8) is 0 Å². The number of hydrogen-bond donors (Lipinski definition) is 1. The summed E-state index contributed by atoms with van der Waals surface area (Å²) >= 11 is 0. The zero-order valence-electron chi connectivity index (χ0n) is 7.93. The lowest BCUT2D eigenvalue weighted by Gasteiger charge is -2.08. The molecule has 0 spiro atoms. The summed E-state index contributed by atoms with van der Waals surface area (Å²) in [6.07, 6.45) is 4.79. The van der Waals surface area contributed by atoms with Gasteiger partial charge < -0.3 is 14.2 Å². The number of oxazole rings is 1. The fourth-order valence-electron chi connectivity index (χ4n) is 1.22. The van der Waals surface area contributed by atoms with Crippen LogP contribution in [0.15, 0.2) is 39.8 Å². The lowest BCUT2D eigenvalue weighted by atomic mass is 10.2. The summed E-state index contributed by atoms with van der Waals surface area (Å²) in [5.74, 6) is 1.74. The number of aromatic nitrogens is 1. The fourth-order valence-corrected chi connectivity index (χ4v) is 1.22. The van der Waals surface area contributed by atoms with Gasteiger partial charge in [0, 0.05) is 0 Å². The van der Waals surface area contributed by atoms with Crippen LogP contribution in [-0.2, 0) is 6.54 Å². The van der Waals surface area contributed by atoms with E-state index in [9.17, 15) is 0 Å². The fraction of sp³-hybridized carbons (Fsp3) is 0.300. The number of nitrogens with one attached hydrogen (secondary N) is 1. The van der Waals surface area contributed by atoms with E-state index in [2.05, 4.69) is 10.3 Å². The second kappa shape index (κ2) is 4.11. The van der Waals surface area contributed by atoms with Gasteiger partial charge >= 0.3 is 0 Å². The van der Waals surface area contributed by atoms with Crippen LogP contribution in [0.5, 0.6) is 0 Å². The minimum Gasteiger partial charge on any atom is -0.468 e. The summed E-state index contributed by atoms with van der Waals surface area (Å²) in [6, 6.07) is 4.00. The van der Waals surface area contributed by atoms with E-state index in [1.807, 2.05) is 19.1 Å². The van der Waals surface area contributed by atoms with Gasteiger partial charge in [-0.25, -0.2) is 4.98 Å². The van der Waals surface area contributed by atoms with Crippen LogP contribution in [0.3, 0.4) is 0 Å². The van der Waals surface area contributed by atoms with Crippen molar-refractivity contribution in [2.24, 2.45) is 0 Å². The molecule has 0 aliphatic heterocycles. The quantitative estimate of drug-likeness (QED) is 0.806. The van der Waals surface area contributed by atoms with Gasteiger partial charge in [-0.2, -0.15) is 0 Å². The summed E-state index contributed by atoms with van der Waals surface area (Å²) in [5.41, 5.74) is 0. The molecular weight excluding hydrogens is 180 g/mol. The van der Waals surface area contributed by atoms with Crippen LogP contribution in [0, 0.1) is 0 Å². The number of nitrogens with zero attached hydrogens (tertiary/aromatic N) is 1. The van der Waals surface area contributed by atoms with Gasteiger partial charge in [0.05, 0.1) is 25.0 Å². The van der Waals surface area contributed by atoms with Crippen molar-refractivity contribution in [1.82, 2.24) is 10.3 Å². The standard InChI is InChI=1S/C10H12N2O2/c1-8(10-3-2-4-13-10)12-6-9-5-11-7-14-9/h2-5,7-8,12H,6H2,1H3/t8-/m0/s1. The van der Waals surface area contributed by atoms with Gasteiger partial charge in [-0.1, -0.05) is 0 Å². The highest BCUT2D eigenvalue weighted by Crippen LogP contribution is 2.12. The van der Waals surface area contributed by atoms with Crippen molar-refractivity contribution in [2.45, 2.75) is 19.5 Å². The minimum atomic E-state index is 0.176. The van der Waals surface area contributed by atoms with Gasteiger partial charge in [-0.15, -0.1) is 0 Å². The molecule has 0 amide bonds. The van der Waals surface area contributed by atoms with Crippen LogP contribution >= 0.6 is 0 Å². The highest BCUT2D eigenvalue weighted by atomic mass is 16.3. The maximum atomic E-state index is 5.26. The molecule has 0 aromatic carbocycles. The smallest absolute Gasteiger partial charge is 0.180 e. The minimum absolute atomic E-state index is 0.176. The van der Waals surface area contributed by atoms with Gasteiger partial charge in [-0.05, 0) is 19.1 Å². The molecule has 0 unspecified atom stereocenters. The first-order valence-corrected chi connectivity index (χ1v) is 4.50. The third-order valence-electron chi connectivity index (χ3n) is 2.04. The highest BCUT2D eigenvalue weighted by molar-refractivity contribution is 5.03. The SMILES string of the molecule is C[C@H](NCc1cnco1)c1ccco1.